The van der Waals surface area contributed by atoms with E-state index in [9.17, 15) is 9.59 Å². The summed E-state index contributed by atoms with van der Waals surface area (Å²) in [6.07, 6.45) is -0.622. The lowest BCUT2D eigenvalue weighted by Gasteiger charge is -2.32. The van der Waals surface area contributed by atoms with Gasteiger partial charge in [0.25, 0.3) is 5.91 Å². The van der Waals surface area contributed by atoms with E-state index in [1.807, 2.05) is 37.3 Å². The fourth-order valence-electron chi connectivity index (χ4n) is 2.96. The second kappa shape index (κ2) is 6.42. The zero-order valence-corrected chi connectivity index (χ0v) is 15.2. The van der Waals surface area contributed by atoms with Crippen molar-refractivity contribution < 1.29 is 14.3 Å². The number of aromatic nitrogens is 1. The molecule has 0 radical (unpaired) electrons. The van der Waals surface area contributed by atoms with E-state index in [1.165, 1.54) is 16.2 Å². The number of thiazole rings is 1. The van der Waals surface area contributed by atoms with Crippen molar-refractivity contribution in [2.45, 2.75) is 20.0 Å². The van der Waals surface area contributed by atoms with Gasteiger partial charge in [-0.15, -0.1) is 0 Å². The van der Waals surface area contributed by atoms with Crippen molar-refractivity contribution in [1.29, 1.82) is 0 Å². The molecule has 1 unspecified atom stereocenters. The number of carbonyl (C=O) groups excluding carboxylic acids is 2. The third-order valence-electron chi connectivity index (χ3n) is 4.24. The van der Waals surface area contributed by atoms with Gasteiger partial charge < -0.3 is 10.1 Å². The van der Waals surface area contributed by atoms with Crippen molar-refractivity contribution in [3.8, 4) is 5.75 Å². The number of rotatable bonds is 3. The van der Waals surface area contributed by atoms with Crippen molar-refractivity contribution in [3.63, 3.8) is 0 Å². The molecule has 6 nitrogen and oxygen atoms in total. The fraction of sp³-hybridized carbons (Fsp3) is 0.211. The molecular weight excluding hydrogens is 350 g/mol. The molecule has 1 aromatic heterocycles. The van der Waals surface area contributed by atoms with Crippen LogP contribution in [0.3, 0.4) is 0 Å². The van der Waals surface area contributed by atoms with Crippen molar-refractivity contribution in [2.24, 2.45) is 0 Å². The Balaban J connectivity index is 1.55. The van der Waals surface area contributed by atoms with Crippen molar-refractivity contribution >= 4 is 44.2 Å². The van der Waals surface area contributed by atoms with Crippen LogP contribution in [0.5, 0.6) is 5.75 Å². The van der Waals surface area contributed by atoms with Gasteiger partial charge in [-0.2, -0.15) is 0 Å². The SMILES string of the molecule is Cc1cccc2sc(NC(=O)CN3C(=O)C(C)Oc4ccccc43)nc12. The summed E-state index contributed by atoms with van der Waals surface area (Å²) in [5, 5.41) is 3.33. The zero-order chi connectivity index (χ0) is 18.3. The first-order valence-corrected chi connectivity index (χ1v) is 9.07. The van der Waals surface area contributed by atoms with E-state index >= 15 is 0 Å². The standard InChI is InChI=1S/C19H17N3O3S/c1-11-6-5-9-15-17(11)21-19(26-15)20-16(23)10-22-13-7-3-4-8-14(13)25-12(2)18(22)24/h3-9,12H,10H2,1-2H3,(H,20,21,23). The van der Waals surface area contributed by atoms with Crippen LogP contribution >= 0.6 is 11.3 Å². The molecular formula is C19H17N3O3S. The number of anilines is 2. The van der Waals surface area contributed by atoms with Crippen LogP contribution in [0.1, 0.15) is 12.5 Å². The maximum absolute atomic E-state index is 12.5. The number of ether oxygens (including phenoxy) is 1. The Kier molecular flexibility index (Phi) is 4.08. The van der Waals surface area contributed by atoms with Crippen LogP contribution in [-0.4, -0.2) is 29.4 Å². The molecule has 0 fully saturated rings. The van der Waals surface area contributed by atoms with Gasteiger partial charge in [0.15, 0.2) is 11.2 Å². The van der Waals surface area contributed by atoms with E-state index in [1.54, 1.807) is 19.1 Å². The summed E-state index contributed by atoms with van der Waals surface area (Å²) >= 11 is 1.42. The van der Waals surface area contributed by atoms with Crippen molar-refractivity contribution in [3.05, 3.63) is 48.0 Å². The number of nitrogens with one attached hydrogen (secondary N) is 1. The molecule has 0 spiro atoms. The van der Waals surface area contributed by atoms with Gasteiger partial charge in [0.1, 0.15) is 12.3 Å². The lowest BCUT2D eigenvalue weighted by Crippen LogP contribution is -2.47. The van der Waals surface area contributed by atoms with E-state index in [-0.39, 0.29) is 18.4 Å². The number of aryl methyl sites for hydroxylation is 1. The number of fused-ring (bicyclic) bond motifs is 2. The number of amides is 2. The first-order valence-electron chi connectivity index (χ1n) is 8.26. The monoisotopic (exact) mass is 367 g/mol. The molecule has 0 saturated heterocycles. The molecule has 1 aliphatic rings. The van der Waals surface area contributed by atoms with Gasteiger partial charge in [-0.25, -0.2) is 4.98 Å². The minimum atomic E-state index is -0.622. The lowest BCUT2D eigenvalue weighted by atomic mass is 10.2. The van der Waals surface area contributed by atoms with Crippen LogP contribution in [0, 0.1) is 6.92 Å². The van der Waals surface area contributed by atoms with Gasteiger partial charge in [0, 0.05) is 0 Å². The average Bonchev–Trinajstić information content (AvgIpc) is 3.02. The Morgan fingerprint density at radius 3 is 2.88 bits per heavy atom. The first kappa shape index (κ1) is 16.5. The molecule has 2 amide bonds. The first-order chi connectivity index (χ1) is 12.5. The molecule has 7 heteroatoms. The molecule has 26 heavy (non-hydrogen) atoms. The second-order valence-corrected chi connectivity index (χ2v) is 7.17. The highest BCUT2D eigenvalue weighted by molar-refractivity contribution is 7.22. The van der Waals surface area contributed by atoms with Crippen molar-refractivity contribution in [2.75, 3.05) is 16.8 Å². The van der Waals surface area contributed by atoms with Gasteiger partial charge >= 0.3 is 0 Å². The Hall–Kier alpha value is -2.93. The predicted molar refractivity (Wildman–Crippen MR) is 102 cm³/mol. The zero-order valence-electron chi connectivity index (χ0n) is 14.4. The topological polar surface area (TPSA) is 71.5 Å². The van der Waals surface area contributed by atoms with E-state index in [0.717, 1.165) is 15.8 Å². The maximum atomic E-state index is 12.5. The Bertz CT molecular complexity index is 1010. The molecule has 1 atom stereocenters. The minimum absolute atomic E-state index is 0.0849. The summed E-state index contributed by atoms with van der Waals surface area (Å²) in [6.45, 7) is 3.58. The van der Waals surface area contributed by atoms with Gasteiger partial charge in [-0.3, -0.25) is 14.5 Å². The molecule has 132 valence electrons. The van der Waals surface area contributed by atoms with Crippen molar-refractivity contribution in [1.82, 2.24) is 4.98 Å². The number of nitrogens with zero attached hydrogens (tertiary/aromatic N) is 2. The normalized spacial score (nSPS) is 16.3. The van der Waals surface area contributed by atoms with Crippen LogP contribution in [0.4, 0.5) is 10.8 Å². The summed E-state index contributed by atoms with van der Waals surface area (Å²) in [4.78, 5) is 30.9. The highest BCUT2D eigenvalue weighted by Crippen LogP contribution is 2.33. The summed E-state index contributed by atoms with van der Waals surface area (Å²) in [5.74, 6) is 0.0703. The Morgan fingerprint density at radius 2 is 2.08 bits per heavy atom. The van der Waals surface area contributed by atoms with E-state index in [2.05, 4.69) is 10.3 Å². The molecule has 3 aromatic rings. The van der Waals surface area contributed by atoms with Crippen LogP contribution in [-0.2, 0) is 9.59 Å². The summed E-state index contributed by atoms with van der Waals surface area (Å²) in [7, 11) is 0. The Morgan fingerprint density at radius 1 is 1.27 bits per heavy atom. The van der Waals surface area contributed by atoms with E-state index in [0.29, 0.717) is 16.6 Å². The molecule has 1 N–H and O–H groups in total. The second-order valence-electron chi connectivity index (χ2n) is 6.14. The number of hydrogen-bond donors (Lipinski definition) is 1. The average molecular weight is 367 g/mol. The number of carbonyl (C=O) groups is 2. The van der Waals surface area contributed by atoms with Gasteiger partial charge in [-0.05, 0) is 37.6 Å². The van der Waals surface area contributed by atoms with Gasteiger partial charge in [0.2, 0.25) is 5.91 Å². The van der Waals surface area contributed by atoms with E-state index < -0.39 is 6.10 Å². The summed E-state index contributed by atoms with van der Waals surface area (Å²) in [6, 6.07) is 13.1. The van der Waals surface area contributed by atoms with E-state index in [4.69, 9.17) is 4.74 Å². The minimum Gasteiger partial charge on any atom is -0.479 e. The molecule has 4 rings (SSSR count). The lowest BCUT2D eigenvalue weighted by molar-refractivity contribution is -0.127. The molecule has 2 aromatic carbocycles. The van der Waals surface area contributed by atoms with Gasteiger partial charge in [-0.1, -0.05) is 35.6 Å². The highest BCUT2D eigenvalue weighted by Gasteiger charge is 2.32. The van der Waals surface area contributed by atoms with Crippen LogP contribution in [0.25, 0.3) is 10.2 Å². The quantitative estimate of drug-likeness (QED) is 0.771. The number of para-hydroxylation sites is 3. The molecule has 0 aliphatic carbocycles. The fourth-order valence-corrected chi connectivity index (χ4v) is 3.92. The molecule has 1 aliphatic heterocycles. The summed E-state index contributed by atoms with van der Waals surface area (Å²) < 4.78 is 6.61. The Labute approximate surface area is 154 Å². The third-order valence-corrected chi connectivity index (χ3v) is 5.18. The van der Waals surface area contributed by atoms with Crippen LogP contribution < -0.4 is 15.0 Å². The third kappa shape index (κ3) is 2.90. The maximum Gasteiger partial charge on any atom is 0.268 e. The smallest absolute Gasteiger partial charge is 0.268 e. The highest BCUT2D eigenvalue weighted by atomic mass is 32.1. The largest absolute Gasteiger partial charge is 0.479 e. The number of hydrogen-bond acceptors (Lipinski definition) is 5. The molecule has 2 heterocycles. The predicted octanol–water partition coefficient (Wildman–Crippen LogP) is 3.36. The van der Waals surface area contributed by atoms with Crippen LogP contribution in [0.15, 0.2) is 42.5 Å². The van der Waals surface area contributed by atoms with Gasteiger partial charge in [0.05, 0.1) is 15.9 Å². The molecule has 0 saturated carbocycles. The van der Waals surface area contributed by atoms with Crippen LogP contribution in [0.2, 0.25) is 0 Å². The number of benzene rings is 2. The summed E-state index contributed by atoms with van der Waals surface area (Å²) in [5.41, 5.74) is 2.55. The molecule has 0 bridgehead atoms.